The van der Waals surface area contributed by atoms with Crippen LogP contribution in [-0.2, 0) is 24.8 Å². The Morgan fingerprint density at radius 1 is 1.38 bits per heavy atom. The molecule has 0 radical (unpaired) electrons. The van der Waals surface area contributed by atoms with Gasteiger partial charge in [0.25, 0.3) is 0 Å². The fourth-order valence-electron chi connectivity index (χ4n) is 3.80. The SMILES string of the molecule is Cn1cc(CCC(=O)N2CC3(CC(NCc4cccnc4)CS3)C2)cn1. The molecule has 1 amide bonds. The van der Waals surface area contributed by atoms with Gasteiger partial charge < -0.3 is 10.2 Å². The van der Waals surface area contributed by atoms with Crippen molar-refractivity contribution in [1.82, 2.24) is 25.0 Å². The Labute approximate surface area is 158 Å². The van der Waals surface area contributed by atoms with Crippen molar-refractivity contribution >= 4 is 17.7 Å². The van der Waals surface area contributed by atoms with E-state index in [1.807, 2.05) is 48.4 Å². The number of carbonyl (C=O) groups excluding carboxylic acids is 1. The number of nitrogens with one attached hydrogen (secondary N) is 1. The predicted octanol–water partition coefficient (Wildman–Crippen LogP) is 1.62. The standard InChI is InChI=1S/C19H25N5OS/c1-23-11-16(10-22-23)4-5-18(25)24-13-19(14-24)7-17(12-26-19)21-9-15-3-2-6-20-8-15/h2-3,6,8,10-11,17,21H,4-5,7,9,12-14H2,1H3. The summed E-state index contributed by atoms with van der Waals surface area (Å²) in [5, 5.41) is 7.80. The van der Waals surface area contributed by atoms with E-state index in [1.54, 1.807) is 10.9 Å². The fourth-order valence-corrected chi connectivity index (χ4v) is 5.40. The van der Waals surface area contributed by atoms with E-state index in [1.165, 1.54) is 5.56 Å². The summed E-state index contributed by atoms with van der Waals surface area (Å²) in [6.07, 6.45) is 10.0. The topological polar surface area (TPSA) is 63.1 Å². The quantitative estimate of drug-likeness (QED) is 0.836. The van der Waals surface area contributed by atoms with Crippen LogP contribution in [0.3, 0.4) is 0 Å². The van der Waals surface area contributed by atoms with Crippen LogP contribution in [0.4, 0.5) is 0 Å². The summed E-state index contributed by atoms with van der Waals surface area (Å²) in [4.78, 5) is 18.6. The first kappa shape index (κ1) is 17.5. The average molecular weight is 372 g/mol. The van der Waals surface area contributed by atoms with Crippen LogP contribution < -0.4 is 5.32 Å². The number of aromatic nitrogens is 3. The highest BCUT2D eigenvalue weighted by molar-refractivity contribution is 8.01. The first-order valence-corrected chi connectivity index (χ1v) is 10.1. The molecule has 4 heterocycles. The van der Waals surface area contributed by atoms with Crippen molar-refractivity contribution in [2.45, 2.75) is 36.6 Å². The molecule has 6 nitrogen and oxygen atoms in total. The molecule has 0 bridgehead atoms. The van der Waals surface area contributed by atoms with Gasteiger partial charge in [0.15, 0.2) is 0 Å². The molecule has 2 aliphatic heterocycles. The van der Waals surface area contributed by atoms with Crippen LogP contribution >= 0.6 is 11.8 Å². The van der Waals surface area contributed by atoms with Crippen molar-refractivity contribution in [3.8, 4) is 0 Å². The van der Waals surface area contributed by atoms with Gasteiger partial charge in [0.2, 0.25) is 5.91 Å². The molecule has 7 heteroatoms. The van der Waals surface area contributed by atoms with Gasteiger partial charge in [0.1, 0.15) is 0 Å². The summed E-state index contributed by atoms with van der Waals surface area (Å²) in [5.74, 6) is 1.39. The summed E-state index contributed by atoms with van der Waals surface area (Å²) >= 11 is 2.03. The molecular formula is C19H25N5OS. The zero-order valence-corrected chi connectivity index (χ0v) is 15.9. The number of hydrogen-bond donors (Lipinski definition) is 1. The van der Waals surface area contributed by atoms with Gasteiger partial charge in [-0.2, -0.15) is 5.10 Å². The number of likely N-dealkylation sites (tertiary alicyclic amines) is 1. The van der Waals surface area contributed by atoms with E-state index in [4.69, 9.17) is 0 Å². The Hall–Kier alpha value is -1.86. The van der Waals surface area contributed by atoms with Crippen LogP contribution in [0.2, 0.25) is 0 Å². The lowest BCUT2D eigenvalue weighted by atomic mass is 9.91. The van der Waals surface area contributed by atoms with E-state index < -0.39 is 0 Å². The lowest BCUT2D eigenvalue weighted by Gasteiger charge is -2.47. The average Bonchev–Trinajstić information content (AvgIpc) is 3.24. The molecule has 138 valence electrons. The third-order valence-electron chi connectivity index (χ3n) is 5.22. The van der Waals surface area contributed by atoms with Gasteiger partial charge in [-0.05, 0) is 30.0 Å². The highest BCUT2D eigenvalue weighted by atomic mass is 32.2. The molecule has 2 saturated heterocycles. The van der Waals surface area contributed by atoms with Gasteiger partial charge in [-0.15, -0.1) is 11.8 Å². The van der Waals surface area contributed by atoms with Gasteiger partial charge in [-0.1, -0.05) is 6.07 Å². The second-order valence-corrected chi connectivity index (χ2v) is 8.90. The van der Waals surface area contributed by atoms with Crippen molar-refractivity contribution in [3.05, 3.63) is 48.0 Å². The van der Waals surface area contributed by atoms with Crippen LogP contribution in [0.1, 0.15) is 24.0 Å². The second-order valence-electron chi connectivity index (χ2n) is 7.41. The first-order valence-electron chi connectivity index (χ1n) is 9.13. The molecule has 1 unspecified atom stereocenters. The van der Waals surface area contributed by atoms with E-state index in [9.17, 15) is 4.79 Å². The lowest BCUT2D eigenvalue weighted by Crippen LogP contribution is -2.61. The van der Waals surface area contributed by atoms with Crippen molar-refractivity contribution in [2.75, 3.05) is 18.8 Å². The Morgan fingerprint density at radius 2 is 2.27 bits per heavy atom. The van der Waals surface area contributed by atoms with E-state index in [0.29, 0.717) is 12.5 Å². The Morgan fingerprint density at radius 3 is 3.00 bits per heavy atom. The molecule has 2 fully saturated rings. The molecule has 2 aliphatic rings. The number of nitrogens with zero attached hydrogens (tertiary/aromatic N) is 4. The van der Waals surface area contributed by atoms with Crippen LogP contribution in [0.15, 0.2) is 36.9 Å². The maximum Gasteiger partial charge on any atom is 0.222 e. The maximum atomic E-state index is 12.4. The van der Waals surface area contributed by atoms with Crippen LogP contribution in [-0.4, -0.2) is 55.2 Å². The molecule has 1 spiro atoms. The Balaban J connectivity index is 1.19. The zero-order valence-electron chi connectivity index (χ0n) is 15.1. The van der Waals surface area contributed by atoms with Crippen molar-refractivity contribution < 1.29 is 4.79 Å². The lowest BCUT2D eigenvalue weighted by molar-refractivity contribution is -0.136. The smallest absolute Gasteiger partial charge is 0.222 e. The third kappa shape index (κ3) is 3.94. The van der Waals surface area contributed by atoms with Crippen LogP contribution in [0, 0.1) is 0 Å². The predicted molar refractivity (Wildman–Crippen MR) is 103 cm³/mol. The molecule has 0 aromatic carbocycles. The van der Waals surface area contributed by atoms with Crippen LogP contribution in [0.25, 0.3) is 0 Å². The number of aryl methyl sites for hydroxylation is 2. The van der Waals surface area contributed by atoms with Gasteiger partial charge >= 0.3 is 0 Å². The summed E-state index contributed by atoms with van der Waals surface area (Å²) in [7, 11) is 1.90. The fraction of sp³-hybridized carbons (Fsp3) is 0.526. The summed E-state index contributed by atoms with van der Waals surface area (Å²) < 4.78 is 2.06. The highest BCUT2D eigenvalue weighted by Gasteiger charge is 2.50. The molecule has 2 aromatic rings. The van der Waals surface area contributed by atoms with Crippen LogP contribution in [0.5, 0.6) is 0 Å². The summed E-state index contributed by atoms with van der Waals surface area (Å²) in [6, 6.07) is 4.60. The minimum atomic E-state index is 0.270. The zero-order chi connectivity index (χ0) is 18.0. The van der Waals surface area contributed by atoms with E-state index in [0.717, 1.165) is 43.8 Å². The highest BCUT2D eigenvalue weighted by Crippen LogP contribution is 2.45. The number of pyridine rings is 1. The first-order chi connectivity index (χ1) is 12.6. The molecule has 4 rings (SSSR count). The van der Waals surface area contributed by atoms with Gasteiger partial charge in [-0.3, -0.25) is 14.5 Å². The number of carbonyl (C=O) groups is 1. The van der Waals surface area contributed by atoms with Gasteiger partial charge in [0.05, 0.1) is 10.9 Å². The second kappa shape index (κ2) is 7.40. The van der Waals surface area contributed by atoms with Crippen molar-refractivity contribution in [1.29, 1.82) is 0 Å². The molecule has 2 aromatic heterocycles. The van der Waals surface area contributed by atoms with Gasteiger partial charge in [-0.25, -0.2) is 0 Å². The minimum Gasteiger partial charge on any atom is -0.340 e. The molecule has 26 heavy (non-hydrogen) atoms. The molecule has 0 aliphatic carbocycles. The van der Waals surface area contributed by atoms with Crippen molar-refractivity contribution in [3.63, 3.8) is 0 Å². The summed E-state index contributed by atoms with van der Waals surface area (Å²) in [6.45, 7) is 2.66. The number of hydrogen-bond acceptors (Lipinski definition) is 5. The molecule has 0 saturated carbocycles. The maximum absolute atomic E-state index is 12.4. The Bertz CT molecular complexity index is 756. The van der Waals surface area contributed by atoms with Gasteiger partial charge in [0, 0.05) is 63.5 Å². The minimum absolute atomic E-state index is 0.270. The number of amides is 1. The van der Waals surface area contributed by atoms with E-state index in [2.05, 4.69) is 21.5 Å². The third-order valence-corrected chi connectivity index (χ3v) is 6.83. The Kier molecular flexibility index (Phi) is 5.00. The number of rotatable bonds is 6. The monoisotopic (exact) mass is 371 g/mol. The molecule has 1 atom stereocenters. The number of thioether (sulfide) groups is 1. The normalized spacial score (nSPS) is 21.1. The summed E-state index contributed by atoms with van der Waals surface area (Å²) in [5.41, 5.74) is 2.35. The largest absolute Gasteiger partial charge is 0.340 e. The van der Waals surface area contributed by atoms with E-state index >= 15 is 0 Å². The van der Waals surface area contributed by atoms with E-state index in [-0.39, 0.29) is 10.7 Å². The van der Waals surface area contributed by atoms with Crippen molar-refractivity contribution in [2.24, 2.45) is 7.05 Å². The molecular weight excluding hydrogens is 346 g/mol. The molecule has 1 N–H and O–H groups in total.